The third kappa shape index (κ3) is 2.86. The van der Waals surface area contributed by atoms with Crippen molar-refractivity contribution in [2.45, 2.75) is 13.5 Å². The van der Waals surface area contributed by atoms with E-state index in [4.69, 9.17) is 10.3 Å². The molecule has 0 unspecified atom stereocenters. The molecular formula is C11H11BrN4O2. The van der Waals surface area contributed by atoms with E-state index < -0.39 is 0 Å². The van der Waals surface area contributed by atoms with Crippen LogP contribution < -0.4 is 11.1 Å². The zero-order valence-electron chi connectivity index (χ0n) is 9.61. The Labute approximate surface area is 112 Å². The van der Waals surface area contributed by atoms with Crippen LogP contribution in [0.4, 0.5) is 5.69 Å². The molecule has 3 N–H and O–H groups in total. The summed E-state index contributed by atoms with van der Waals surface area (Å²) in [5, 5.41) is 6.30. The van der Waals surface area contributed by atoms with Crippen LogP contribution in [0.2, 0.25) is 0 Å². The maximum atomic E-state index is 11.8. The first-order valence-electron chi connectivity index (χ1n) is 5.18. The third-order valence-electron chi connectivity index (χ3n) is 2.23. The maximum absolute atomic E-state index is 11.8. The number of anilines is 1. The Balaban J connectivity index is 2.01. The van der Waals surface area contributed by atoms with E-state index in [-0.39, 0.29) is 12.5 Å². The van der Waals surface area contributed by atoms with Gasteiger partial charge >= 0.3 is 0 Å². The Bertz CT molecular complexity index is 582. The van der Waals surface area contributed by atoms with E-state index in [2.05, 4.69) is 31.4 Å². The predicted molar refractivity (Wildman–Crippen MR) is 68.8 cm³/mol. The van der Waals surface area contributed by atoms with E-state index in [1.807, 2.05) is 0 Å². The summed E-state index contributed by atoms with van der Waals surface area (Å²) in [4.78, 5) is 15.8. The number of hydrogen-bond donors (Lipinski definition) is 2. The zero-order valence-corrected chi connectivity index (χ0v) is 11.2. The number of aryl methyl sites for hydroxylation is 1. The fraction of sp³-hybridized carbons (Fsp3) is 0.182. The van der Waals surface area contributed by atoms with Gasteiger partial charge in [-0.2, -0.15) is 4.98 Å². The van der Waals surface area contributed by atoms with Gasteiger partial charge in [-0.25, -0.2) is 0 Å². The number of carbonyl (C=O) groups excluding carboxylic acids is 1. The topological polar surface area (TPSA) is 94.0 Å². The van der Waals surface area contributed by atoms with Gasteiger partial charge in [-0.1, -0.05) is 5.16 Å². The summed E-state index contributed by atoms with van der Waals surface area (Å²) < 4.78 is 5.64. The lowest BCUT2D eigenvalue weighted by atomic mass is 10.2. The molecule has 1 heterocycles. The minimum absolute atomic E-state index is 0.190. The molecular weight excluding hydrogens is 300 g/mol. The van der Waals surface area contributed by atoms with Gasteiger partial charge in [0.1, 0.15) is 0 Å². The molecule has 0 saturated carbocycles. The second-order valence-corrected chi connectivity index (χ2v) is 4.51. The summed E-state index contributed by atoms with van der Waals surface area (Å²) in [5.74, 6) is 0.656. The highest BCUT2D eigenvalue weighted by Crippen LogP contribution is 2.20. The summed E-state index contributed by atoms with van der Waals surface area (Å²) in [5.41, 5.74) is 6.69. The number of hydrogen-bond acceptors (Lipinski definition) is 5. The number of rotatable bonds is 3. The summed E-state index contributed by atoms with van der Waals surface area (Å²) in [6.07, 6.45) is 0. The molecule has 0 saturated heterocycles. The summed E-state index contributed by atoms with van der Waals surface area (Å²) >= 11 is 3.27. The quantitative estimate of drug-likeness (QED) is 0.841. The molecule has 6 nitrogen and oxygen atoms in total. The van der Waals surface area contributed by atoms with Crippen molar-refractivity contribution in [1.82, 2.24) is 15.5 Å². The lowest BCUT2D eigenvalue weighted by molar-refractivity contribution is 0.0946. The molecule has 0 fully saturated rings. The van der Waals surface area contributed by atoms with E-state index in [1.165, 1.54) is 0 Å². The minimum Gasteiger partial charge on any atom is -0.398 e. The van der Waals surface area contributed by atoms with Crippen molar-refractivity contribution in [3.05, 3.63) is 40.0 Å². The first-order chi connectivity index (χ1) is 8.56. The molecule has 0 aliphatic rings. The van der Waals surface area contributed by atoms with Crippen LogP contribution in [-0.4, -0.2) is 16.0 Å². The Hall–Kier alpha value is -1.89. The molecule has 0 spiro atoms. The Morgan fingerprint density at radius 2 is 2.33 bits per heavy atom. The number of aromatic nitrogens is 2. The first-order valence-corrected chi connectivity index (χ1v) is 5.98. The van der Waals surface area contributed by atoms with Crippen LogP contribution in [0.25, 0.3) is 0 Å². The van der Waals surface area contributed by atoms with Crippen molar-refractivity contribution in [2.75, 3.05) is 5.73 Å². The van der Waals surface area contributed by atoms with E-state index in [9.17, 15) is 4.79 Å². The van der Waals surface area contributed by atoms with Gasteiger partial charge in [-0.15, -0.1) is 0 Å². The van der Waals surface area contributed by atoms with Crippen LogP contribution >= 0.6 is 15.9 Å². The summed E-state index contributed by atoms with van der Waals surface area (Å²) in [7, 11) is 0. The Kier molecular flexibility index (Phi) is 3.61. The van der Waals surface area contributed by atoms with Gasteiger partial charge in [-0.3, -0.25) is 4.79 Å². The monoisotopic (exact) mass is 310 g/mol. The molecule has 1 aromatic heterocycles. The van der Waals surface area contributed by atoms with Crippen LogP contribution in [0.1, 0.15) is 22.1 Å². The number of nitrogens with two attached hydrogens (primary N) is 1. The van der Waals surface area contributed by atoms with Crippen LogP contribution in [0.3, 0.4) is 0 Å². The number of nitrogens with one attached hydrogen (secondary N) is 1. The average Bonchev–Trinajstić information content (AvgIpc) is 2.75. The molecule has 2 aromatic rings. The van der Waals surface area contributed by atoms with Crippen LogP contribution in [0.5, 0.6) is 0 Å². The van der Waals surface area contributed by atoms with Crippen molar-refractivity contribution < 1.29 is 9.32 Å². The highest BCUT2D eigenvalue weighted by Gasteiger charge is 2.09. The number of nitrogens with zero attached hydrogens (tertiary/aromatic N) is 2. The molecule has 94 valence electrons. The van der Waals surface area contributed by atoms with E-state index >= 15 is 0 Å². The average molecular weight is 311 g/mol. The molecule has 0 bridgehead atoms. The number of carbonyl (C=O) groups is 1. The van der Waals surface area contributed by atoms with Crippen LogP contribution in [0.15, 0.2) is 27.2 Å². The molecule has 0 aliphatic carbocycles. The molecule has 18 heavy (non-hydrogen) atoms. The molecule has 1 amide bonds. The van der Waals surface area contributed by atoms with Crippen molar-refractivity contribution in [3.63, 3.8) is 0 Å². The lowest BCUT2D eigenvalue weighted by Crippen LogP contribution is -2.23. The maximum Gasteiger partial charge on any atom is 0.251 e. The van der Waals surface area contributed by atoms with Gasteiger partial charge in [0, 0.05) is 15.7 Å². The molecule has 2 rings (SSSR count). The van der Waals surface area contributed by atoms with Crippen molar-refractivity contribution in [2.24, 2.45) is 0 Å². The van der Waals surface area contributed by atoms with Crippen LogP contribution in [0, 0.1) is 6.92 Å². The normalized spacial score (nSPS) is 10.3. The third-order valence-corrected chi connectivity index (χ3v) is 2.95. The van der Waals surface area contributed by atoms with Gasteiger partial charge in [0.25, 0.3) is 5.91 Å². The largest absolute Gasteiger partial charge is 0.398 e. The number of benzene rings is 1. The molecule has 7 heteroatoms. The SMILES string of the molecule is Cc1noc(CNC(=O)c2ccc(Br)c(N)c2)n1. The molecule has 1 aromatic carbocycles. The summed E-state index contributed by atoms with van der Waals surface area (Å²) in [6, 6.07) is 4.99. The Morgan fingerprint density at radius 3 is 2.94 bits per heavy atom. The minimum atomic E-state index is -0.245. The van der Waals surface area contributed by atoms with Gasteiger partial charge < -0.3 is 15.6 Å². The van der Waals surface area contributed by atoms with E-state index in [1.54, 1.807) is 25.1 Å². The van der Waals surface area contributed by atoms with Crippen molar-refractivity contribution in [1.29, 1.82) is 0 Å². The zero-order chi connectivity index (χ0) is 13.1. The highest BCUT2D eigenvalue weighted by atomic mass is 79.9. The second-order valence-electron chi connectivity index (χ2n) is 3.65. The fourth-order valence-electron chi connectivity index (χ4n) is 1.35. The van der Waals surface area contributed by atoms with Gasteiger partial charge in [-0.05, 0) is 41.1 Å². The number of amides is 1. The molecule has 0 atom stereocenters. The van der Waals surface area contributed by atoms with E-state index in [0.717, 1.165) is 4.47 Å². The van der Waals surface area contributed by atoms with Gasteiger partial charge in [0.05, 0.1) is 6.54 Å². The fourth-order valence-corrected chi connectivity index (χ4v) is 1.60. The second kappa shape index (κ2) is 5.18. The molecule has 0 aliphatic heterocycles. The smallest absolute Gasteiger partial charge is 0.251 e. The van der Waals surface area contributed by atoms with Gasteiger partial charge in [0.15, 0.2) is 5.82 Å². The van der Waals surface area contributed by atoms with Crippen LogP contribution in [-0.2, 0) is 6.54 Å². The lowest BCUT2D eigenvalue weighted by Gasteiger charge is -2.04. The first kappa shape index (κ1) is 12.6. The standard InChI is InChI=1S/C11H11BrN4O2/c1-6-15-10(18-16-6)5-14-11(17)7-2-3-8(12)9(13)4-7/h2-4H,5,13H2,1H3,(H,14,17). The van der Waals surface area contributed by atoms with Crippen molar-refractivity contribution >= 4 is 27.5 Å². The summed E-state index contributed by atoms with van der Waals surface area (Å²) in [6.45, 7) is 1.90. The highest BCUT2D eigenvalue weighted by molar-refractivity contribution is 9.10. The molecule has 0 radical (unpaired) electrons. The van der Waals surface area contributed by atoms with Gasteiger partial charge in [0.2, 0.25) is 5.89 Å². The predicted octanol–water partition coefficient (Wildman–Crippen LogP) is 1.65. The number of nitrogen functional groups attached to an aromatic ring is 1. The Morgan fingerprint density at radius 1 is 1.56 bits per heavy atom. The van der Waals surface area contributed by atoms with Crippen molar-refractivity contribution in [3.8, 4) is 0 Å². The number of halogens is 1. The van der Waals surface area contributed by atoms with E-state index in [0.29, 0.717) is 23.0 Å².